The summed E-state index contributed by atoms with van der Waals surface area (Å²) in [5.74, 6) is 0. The van der Waals surface area contributed by atoms with E-state index >= 15 is 0 Å². The first-order valence-electron chi connectivity index (χ1n) is 10.3. The van der Waals surface area contributed by atoms with Gasteiger partial charge in [0.05, 0.1) is 47.1 Å². The predicted octanol–water partition coefficient (Wildman–Crippen LogP) is 4.41. The third-order valence-corrected chi connectivity index (χ3v) is 5.81. The third kappa shape index (κ3) is 5.35. The maximum absolute atomic E-state index is 6.57. The van der Waals surface area contributed by atoms with E-state index in [9.17, 15) is 0 Å². The molecule has 0 spiro atoms. The van der Waals surface area contributed by atoms with Crippen molar-refractivity contribution in [2.24, 2.45) is 4.99 Å². The van der Waals surface area contributed by atoms with Gasteiger partial charge in [0, 0.05) is 38.5 Å². The molecular formula is C23H31ClN4O. The van der Waals surface area contributed by atoms with Crippen LogP contribution in [0, 0.1) is 0 Å². The molecular weight excluding hydrogens is 384 g/mol. The summed E-state index contributed by atoms with van der Waals surface area (Å²) < 4.78 is 5.47. The zero-order valence-corrected chi connectivity index (χ0v) is 18.6. The number of nitrogens with one attached hydrogen (secondary N) is 1. The average Bonchev–Trinajstić information content (AvgIpc) is 2.75. The lowest BCUT2D eigenvalue weighted by Crippen LogP contribution is -2.37. The number of hydrogen-bond acceptors (Lipinski definition) is 5. The second-order valence-corrected chi connectivity index (χ2v) is 7.82. The number of rotatable bonds is 7. The molecule has 6 heteroatoms. The van der Waals surface area contributed by atoms with Crippen LogP contribution in [-0.2, 0) is 11.2 Å². The van der Waals surface area contributed by atoms with Crippen LogP contribution >= 0.6 is 11.6 Å². The molecule has 1 aromatic heterocycles. The maximum atomic E-state index is 6.57. The van der Waals surface area contributed by atoms with Crippen molar-refractivity contribution >= 4 is 28.1 Å². The highest BCUT2D eigenvalue weighted by molar-refractivity contribution is 6.35. The van der Waals surface area contributed by atoms with Crippen LogP contribution in [0.4, 0.5) is 0 Å². The van der Waals surface area contributed by atoms with Crippen molar-refractivity contribution in [1.82, 2.24) is 15.2 Å². The Balaban J connectivity index is 1.90. The molecule has 156 valence electrons. The lowest BCUT2D eigenvalue weighted by molar-refractivity contribution is 0.0384. The zero-order chi connectivity index (χ0) is 20.8. The van der Waals surface area contributed by atoms with E-state index in [0.29, 0.717) is 0 Å². The van der Waals surface area contributed by atoms with E-state index in [0.717, 1.165) is 77.9 Å². The number of allylic oxidation sites excluding steroid dienone is 2. The minimum atomic E-state index is 0.0587. The van der Waals surface area contributed by atoms with Gasteiger partial charge in [-0.05, 0) is 38.3 Å². The van der Waals surface area contributed by atoms with E-state index < -0.39 is 0 Å². The zero-order valence-electron chi connectivity index (χ0n) is 17.8. The van der Waals surface area contributed by atoms with Gasteiger partial charge in [0.25, 0.3) is 0 Å². The highest BCUT2D eigenvalue weighted by Gasteiger charge is 2.17. The van der Waals surface area contributed by atoms with Gasteiger partial charge in [0.2, 0.25) is 0 Å². The first-order chi connectivity index (χ1) is 14.0. The molecule has 1 aliphatic heterocycles. The van der Waals surface area contributed by atoms with E-state index in [2.05, 4.69) is 40.3 Å². The maximum Gasteiger partial charge on any atom is 0.0658 e. The van der Waals surface area contributed by atoms with Crippen molar-refractivity contribution in [3.63, 3.8) is 0 Å². The van der Waals surface area contributed by atoms with Crippen molar-refractivity contribution in [1.29, 1.82) is 0 Å². The molecule has 1 atom stereocenters. The van der Waals surface area contributed by atoms with Crippen molar-refractivity contribution in [3.05, 3.63) is 52.4 Å². The van der Waals surface area contributed by atoms with Gasteiger partial charge in [0.15, 0.2) is 0 Å². The summed E-state index contributed by atoms with van der Waals surface area (Å²) in [7, 11) is 1.81. The Morgan fingerprint density at radius 1 is 1.38 bits per heavy atom. The SMILES string of the molecule is C/C=C(N[C@@H](C)c1cc2cccc(Cl)c2c(CCN2CCOCC2)n1)\C(C)=N\C. The number of nitrogens with zero attached hydrogens (tertiary/aromatic N) is 3. The minimum absolute atomic E-state index is 0.0587. The summed E-state index contributed by atoms with van der Waals surface area (Å²) in [6.07, 6.45) is 2.92. The molecule has 1 aliphatic rings. The summed E-state index contributed by atoms with van der Waals surface area (Å²) >= 11 is 6.57. The predicted molar refractivity (Wildman–Crippen MR) is 122 cm³/mol. The number of halogens is 1. The average molecular weight is 415 g/mol. The Bertz CT molecular complexity index is 903. The monoisotopic (exact) mass is 414 g/mol. The number of benzene rings is 1. The summed E-state index contributed by atoms with van der Waals surface area (Å²) in [4.78, 5) is 11.8. The normalized spacial score (nSPS) is 17.6. The number of pyridine rings is 1. The first kappa shape index (κ1) is 21.8. The Hall–Kier alpha value is -1.95. The molecule has 0 bridgehead atoms. The summed E-state index contributed by atoms with van der Waals surface area (Å²) in [6.45, 7) is 10.7. The number of aliphatic imine (C=N–C) groups is 1. The van der Waals surface area contributed by atoms with Gasteiger partial charge in [-0.1, -0.05) is 29.8 Å². The highest BCUT2D eigenvalue weighted by Crippen LogP contribution is 2.29. The fourth-order valence-corrected chi connectivity index (χ4v) is 3.98. The van der Waals surface area contributed by atoms with Gasteiger partial charge in [-0.2, -0.15) is 0 Å². The smallest absolute Gasteiger partial charge is 0.0658 e. The highest BCUT2D eigenvalue weighted by atomic mass is 35.5. The van der Waals surface area contributed by atoms with E-state index in [1.54, 1.807) is 0 Å². The van der Waals surface area contributed by atoms with E-state index in [4.69, 9.17) is 21.3 Å². The summed E-state index contributed by atoms with van der Waals surface area (Å²) in [5.41, 5.74) is 4.09. The number of ether oxygens (including phenoxy) is 1. The lowest BCUT2D eigenvalue weighted by Gasteiger charge is -2.26. The molecule has 1 saturated heterocycles. The molecule has 1 aromatic carbocycles. The van der Waals surface area contributed by atoms with Gasteiger partial charge >= 0.3 is 0 Å². The number of morpholine rings is 1. The summed E-state index contributed by atoms with van der Waals surface area (Å²) in [6, 6.07) is 8.27. The molecule has 1 N–H and O–H groups in total. The van der Waals surface area contributed by atoms with Crippen LogP contribution in [0.5, 0.6) is 0 Å². The van der Waals surface area contributed by atoms with E-state index in [-0.39, 0.29) is 6.04 Å². The number of hydrogen-bond donors (Lipinski definition) is 1. The van der Waals surface area contributed by atoms with Crippen LogP contribution in [0.3, 0.4) is 0 Å². The van der Waals surface area contributed by atoms with Crippen LogP contribution in [0.1, 0.15) is 38.2 Å². The van der Waals surface area contributed by atoms with Crippen molar-refractivity contribution in [3.8, 4) is 0 Å². The molecule has 2 heterocycles. The van der Waals surface area contributed by atoms with Crippen LogP contribution in [0.15, 0.2) is 41.0 Å². The second-order valence-electron chi connectivity index (χ2n) is 7.41. The van der Waals surface area contributed by atoms with E-state index in [1.165, 1.54) is 0 Å². The standard InChI is InChI=1S/C23H31ClN4O/c1-5-20(16(2)25-4)26-17(3)22-15-18-7-6-8-19(24)23(18)21(27-22)9-10-28-11-13-29-14-12-28/h5-8,15,17,26H,9-14H2,1-4H3/b20-5+,25-16+/t17-/m0/s1. The fourth-order valence-electron chi connectivity index (χ4n) is 3.68. The van der Waals surface area contributed by atoms with Crippen LogP contribution in [0.2, 0.25) is 5.02 Å². The molecule has 0 amide bonds. The molecule has 0 saturated carbocycles. The largest absolute Gasteiger partial charge is 0.379 e. The Labute approximate surface area is 178 Å². The topological polar surface area (TPSA) is 49.8 Å². The van der Waals surface area contributed by atoms with Crippen LogP contribution in [0.25, 0.3) is 10.8 Å². The molecule has 29 heavy (non-hydrogen) atoms. The van der Waals surface area contributed by atoms with Gasteiger partial charge in [-0.15, -0.1) is 0 Å². The third-order valence-electron chi connectivity index (χ3n) is 5.50. The number of aromatic nitrogens is 1. The molecule has 0 unspecified atom stereocenters. The molecule has 2 aromatic rings. The van der Waals surface area contributed by atoms with E-state index in [1.807, 2.05) is 33.0 Å². The van der Waals surface area contributed by atoms with Crippen molar-refractivity contribution < 1.29 is 4.74 Å². The van der Waals surface area contributed by atoms with Crippen LogP contribution < -0.4 is 5.32 Å². The first-order valence-corrected chi connectivity index (χ1v) is 10.7. The fraction of sp³-hybridized carbons (Fsp3) is 0.478. The Morgan fingerprint density at radius 3 is 2.83 bits per heavy atom. The second kappa shape index (κ2) is 10.2. The van der Waals surface area contributed by atoms with Crippen molar-refractivity contribution in [2.75, 3.05) is 39.9 Å². The molecule has 1 fully saturated rings. The van der Waals surface area contributed by atoms with Gasteiger partial charge in [-0.25, -0.2) is 0 Å². The van der Waals surface area contributed by atoms with Crippen molar-refractivity contribution in [2.45, 2.75) is 33.2 Å². The molecule has 3 rings (SSSR count). The molecule has 0 aliphatic carbocycles. The Kier molecular flexibility index (Phi) is 7.64. The lowest BCUT2D eigenvalue weighted by atomic mass is 10.0. The minimum Gasteiger partial charge on any atom is -0.379 e. The quantitative estimate of drug-likeness (QED) is 0.682. The molecule has 5 nitrogen and oxygen atoms in total. The molecule has 0 radical (unpaired) electrons. The van der Waals surface area contributed by atoms with Crippen LogP contribution in [-0.4, -0.2) is 55.5 Å². The van der Waals surface area contributed by atoms with Gasteiger partial charge in [-0.3, -0.25) is 14.9 Å². The number of fused-ring (bicyclic) bond motifs is 1. The van der Waals surface area contributed by atoms with Gasteiger partial charge < -0.3 is 10.1 Å². The summed E-state index contributed by atoms with van der Waals surface area (Å²) in [5, 5.41) is 6.52. The van der Waals surface area contributed by atoms with Gasteiger partial charge in [0.1, 0.15) is 0 Å². The Morgan fingerprint density at radius 2 is 2.14 bits per heavy atom.